The first kappa shape index (κ1) is 18.4. The minimum absolute atomic E-state index is 0.102. The molecule has 0 saturated carbocycles. The summed E-state index contributed by atoms with van der Waals surface area (Å²) in [5, 5.41) is 8.20. The molecule has 0 atom stereocenters. The highest BCUT2D eigenvalue weighted by Crippen LogP contribution is 2.26. The molecule has 8 heteroatoms. The van der Waals surface area contributed by atoms with E-state index in [2.05, 4.69) is 20.9 Å². The zero-order valence-electron chi connectivity index (χ0n) is 15.3. The molecule has 0 saturated heterocycles. The average Bonchev–Trinajstić information content (AvgIpc) is 2.59. The quantitative estimate of drug-likeness (QED) is 0.769. The first-order valence-corrected chi connectivity index (χ1v) is 8.38. The third-order valence-corrected chi connectivity index (χ3v) is 3.60. The minimum Gasteiger partial charge on any atom is -0.466 e. The highest BCUT2D eigenvalue weighted by molar-refractivity contribution is 6.06. The second kappa shape index (κ2) is 7.06. The van der Waals surface area contributed by atoms with E-state index in [1.54, 1.807) is 24.3 Å². The number of carbonyl (C=O) groups excluding carboxylic acids is 3. The third-order valence-electron chi connectivity index (χ3n) is 3.60. The molecule has 3 N–H and O–H groups in total. The predicted molar refractivity (Wildman–Crippen MR) is 100.0 cm³/mol. The smallest absolute Gasteiger partial charge is 0.262 e. The summed E-state index contributed by atoms with van der Waals surface area (Å²) < 4.78 is 5.17. The lowest BCUT2D eigenvalue weighted by molar-refractivity contribution is -0.118. The molecular weight excluding hydrogens is 348 g/mol. The number of fused-ring (bicyclic) bond motifs is 1. The summed E-state index contributed by atoms with van der Waals surface area (Å²) in [6.07, 6.45) is 1.36. The number of ether oxygens (including phenoxy) is 1. The normalized spacial score (nSPS) is 13.1. The number of nitrogens with zero attached hydrogens (tertiary/aromatic N) is 1. The van der Waals surface area contributed by atoms with Gasteiger partial charge in [-0.1, -0.05) is 6.07 Å². The monoisotopic (exact) mass is 368 g/mol. The van der Waals surface area contributed by atoms with Crippen LogP contribution in [0.15, 0.2) is 36.5 Å². The summed E-state index contributed by atoms with van der Waals surface area (Å²) in [5.41, 5.74) is 1.14. The van der Waals surface area contributed by atoms with Gasteiger partial charge in [-0.15, -0.1) is 0 Å². The zero-order chi connectivity index (χ0) is 19.6. The van der Waals surface area contributed by atoms with E-state index in [0.717, 1.165) is 0 Å². The number of benzene rings is 1. The van der Waals surface area contributed by atoms with Crippen molar-refractivity contribution in [1.29, 1.82) is 0 Å². The highest BCUT2D eigenvalue weighted by Gasteiger charge is 2.20. The van der Waals surface area contributed by atoms with Crippen molar-refractivity contribution in [3.63, 3.8) is 0 Å². The molecule has 0 unspecified atom stereocenters. The Hall–Kier alpha value is -3.42. The van der Waals surface area contributed by atoms with E-state index in [4.69, 9.17) is 4.74 Å². The van der Waals surface area contributed by atoms with Crippen LogP contribution in [0.1, 0.15) is 41.5 Å². The molecule has 3 amide bonds. The van der Waals surface area contributed by atoms with Gasteiger partial charge in [0.25, 0.3) is 17.7 Å². The molecule has 8 nitrogen and oxygen atoms in total. The Labute approximate surface area is 156 Å². The number of hydrogen-bond donors (Lipinski definition) is 3. The molecule has 0 spiro atoms. The maximum Gasteiger partial charge on any atom is 0.262 e. The number of pyridine rings is 1. The van der Waals surface area contributed by atoms with E-state index in [9.17, 15) is 14.4 Å². The average molecular weight is 368 g/mol. The van der Waals surface area contributed by atoms with Crippen LogP contribution >= 0.6 is 0 Å². The lowest BCUT2D eigenvalue weighted by Gasteiger charge is -2.20. The second-order valence-corrected chi connectivity index (χ2v) is 7.15. The molecule has 1 aromatic carbocycles. The summed E-state index contributed by atoms with van der Waals surface area (Å²) in [7, 11) is 0. The molecule has 0 radical (unpaired) electrons. The number of carbonyl (C=O) groups is 3. The molecular formula is C19H20N4O4. The van der Waals surface area contributed by atoms with Crippen LogP contribution in [-0.4, -0.2) is 34.9 Å². The predicted octanol–water partition coefficient (Wildman–Crippen LogP) is 2.19. The SMILES string of the molecule is CC(C)(C)NC(=O)c1cccc(NC(=O)c2cnc3c(c2)NC(=O)CO3)c1. The first-order chi connectivity index (χ1) is 12.7. The number of nitrogens with one attached hydrogen (secondary N) is 3. The molecule has 0 fully saturated rings. The van der Waals surface area contributed by atoms with Crippen LogP contribution in [0.4, 0.5) is 11.4 Å². The second-order valence-electron chi connectivity index (χ2n) is 7.15. The van der Waals surface area contributed by atoms with Crippen LogP contribution in [0, 0.1) is 0 Å². The summed E-state index contributed by atoms with van der Waals surface area (Å²) in [6.45, 7) is 5.57. The molecule has 27 heavy (non-hydrogen) atoms. The Balaban J connectivity index is 1.75. The van der Waals surface area contributed by atoms with E-state index in [1.807, 2.05) is 20.8 Å². The molecule has 140 valence electrons. The molecule has 3 rings (SSSR count). The topological polar surface area (TPSA) is 109 Å². The molecule has 2 aromatic rings. The lowest BCUT2D eigenvalue weighted by atomic mass is 10.1. The van der Waals surface area contributed by atoms with Crippen molar-refractivity contribution < 1.29 is 19.1 Å². The number of anilines is 2. The molecule has 0 bridgehead atoms. The van der Waals surface area contributed by atoms with Gasteiger partial charge >= 0.3 is 0 Å². The fourth-order valence-electron chi connectivity index (χ4n) is 2.46. The summed E-state index contributed by atoms with van der Waals surface area (Å²) in [4.78, 5) is 40.2. The van der Waals surface area contributed by atoms with Gasteiger partial charge in [-0.05, 0) is 45.0 Å². The molecule has 1 aromatic heterocycles. The van der Waals surface area contributed by atoms with Gasteiger partial charge in [0, 0.05) is 23.0 Å². The minimum atomic E-state index is -0.418. The Bertz CT molecular complexity index is 918. The summed E-state index contributed by atoms with van der Waals surface area (Å²) in [5.74, 6) is -0.682. The van der Waals surface area contributed by atoms with Crippen molar-refractivity contribution in [2.45, 2.75) is 26.3 Å². The molecule has 0 aliphatic carbocycles. The maximum atomic E-state index is 12.5. The lowest BCUT2D eigenvalue weighted by Crippen LogP contribution is -2.40. The van der Waals surface area contributed by atoms with Crippen molar-refractivity contribution in [2.75, 3.05) is 17.2 Å². The van der Waals surface area contributed by atoms with Crippen molar-refractivity contribution in [1.82, 2.24) is 10.3 Å². The Morgan fingerprint density at radius 3 is 2.67 bits per heavy atom. The number of hydrogen-bond acceptors (Lipinski definition) is 5. The van der Waals surface area contributed by atoms with Crippen molar-refractivity contribution in [2.24, 2.45) is 0 Å². The third kappa shape index (κ3) is 4.60. The van der Waals surface area contributed by atoms with Gasteiger partial charge in [-0.25, -0.2) is 4.98 Å². The van der Waals surface area contributed by atoms with Gasteiger partial charge in [0.2, 0.25) is 5.88 Å². The van der Waals surface area contributed by atoms with E-state index in [-0.39, 0.29) is 35.4 Å². The standard InChI is InChI=1S/C19H20N4O4/c1-19(2,3)23-17(26)11-5-4-6-13(7-11)21-16(25)12-8-14-18(20-9-12)27-10-15(24)22-14/h4-9H,10H2,1-3H3,(H,21,25)(H,22,24)(H,23,26). The van der Waals surface area contributed by atoms with E-state index < -0.39 is 5.91 Å². The van der Waals surface area contributed by atoms with Crippen LogP contribution in [0.5, 0.6) is 5.88 Å². The highest BCUT2D eigenvalue weighted by atomic mass is 16.5. The van der Waals surface area contributed by atoms with Gasteiger partial charge in [0.15, 0.2) is 6.61 Å². The van der Waals surface area contributed by atoms with Crippen molar-refractivity contribution >= 4 is 29.1 Å². The zero-order valence-corrected chi connectivity index (χ0v) is 15.3. The van der Waals surface area contributed by atoms with Crippen molar-refractivity contribution in [3.05, 3.63) is 47.7 Å². The van der Waals surface area contributed by atoms with Gasteiger partial charge in [0.05, 0.1) is 5.56 Å². The number of rotatable bonds is 3. The van der Waals surface area contributed by atoms with Crippen molar-refractivity contribution in [3.8, 4) is 5.88 Å². The van der Waals surface area contributed by atoms with Gasteiger partial charge in [0.1, 0.15) is 5.69 Å². The van der Waals surface area contributed by atoms with Gasteiger partial charge in [-0.2, -0.15) is 0 Å². The van der Waals surface area contributed by atoms with E-state index in [0.29, 0.717) is 16.9 Å². The van der Waals surface area contributed by atoms with Gasteiger partial charge in [-0.3, -0.25) is 14.4 Å². The van der Waals surface area contributed by atoms with E-state index >= 15 is 0 Å². The van der Waals surface area contributed by atoms with Crippen LogP contribution < -0.4 is 20.7 Å². The summed E-state index contributed by atoms with van der Waals surface area (Å²) in [6, 6.07) is 8.12. The maximum absolute atomic E-state index is 12.5. The molecule has 1 aliphatic rings. The Kier molecular flexibility index (Phi) is 4.81. The fraction of sp³-hybridized carbons (Fsp3) is 0.263. The van der Waals surface area contributed by atoms with Crippen LogP contribution in [0.2, 0.25) is 0 Å². The molecule has 1 aliphatic heterocycles. The largest absolute Gasteiger partial charge is 0.466 e. The van der Waals surface area contributed by atoms with Crippen LogP contribution in [0.3, 0.4) is 0 Å². The van der Waals surface area contributed by atoms with E-state index in [1.165, 1.54) is 12.3 Å². The summed E-state index contributed by atoms with van der Waals surface area (Å²) >= 11 is 0. The first-order valence-electron chi connectivity index (χ1n) is 8.38. The fourth-order valence-corrected chi connectivity index (χ4v) is 2.46. The Morgan fingerprint density at radius 1 is 1.15 bits per heavy atom. The van der Waals surface area contributed by atoms with Crippen LogP contribution in [0.25, 0.3) is 0 Å². The Morgan fingerprint density at radius 2 is 1.93 bits per heavy atom. The number of aromatic nitrogens is 1. The van der Waals surface area contributed by atoms with Gasteiger partial charge < -0.3 is 20.7 Å². The number of amides is 3. The molecule has 2 heterocycles. The van der Waals surface area contributed by atoms with Crippen LogP contribution in [-0.2, 0) is 4.79 Å².